The molecule has 82 valence electrons. The zero-order valence-corrected chi connectivity index (χ0v) is 8.34. The Morgan fingerprint density at radius 3 is 2.27 bits per heavy atom. The van der Waals surface area contributed by atoms with Gasteiger partial charge in [0.2, 0.25) is 0 Å². The summed E-state index contributed by atoms with van der Waals surface area (Å²) in [6, 6.07) is 2.86. The Bertz CT molecular complexity index is 343. The Morgan fingerprint density at radius 2 is 1.87 bits per heavy atom. The van der Waals surface area contributed by atoms with Crippen LogP contribution in [-0.4, -0.2) is 11.1 Å². The highest BCUT2D eigenvalue weighted by Crippen LogP contribution is 2.23. The van der Waals surface area contributed by atoms with Crippen molar-refractivity contribution in [2.24, 2.45) is 0 Å². The smallest absolute Gasteiger partial charge is 0.310 e. The van der Waals surface area contributed by atoms with E-state index in [1.807, 2.05) is 6.92 Å². The lowest BCUT2D eigenvalue weighted by atomic mass is 9.94. The number of aliphatic carboxylic acids is 1. The van der Waals surface area contributed by atoms with Gasteiger partial charge in [-0.1, -0.05) is 13.3 Å². The molecule has 0 amide bonds. The fraction of sp³-hybridized carbons (Fsp3) is 0.364. The molecule has 0 heterocycles. The Labute approximate surface area is 86.5 Å². The second-order valence-electron chi connectivity index (χ2n) is 3.38. The van der Waals surface area contributed by atoms with Crippen molar-refractivity contribution in [2.75, 3.05) is 0 Å². The molecule has 0 spiro atoms. The van der Waals surface area contributed by atoms with E-state index in [0.717, 1.165) is 18.2 Å². The van der Waals surface area contributed by atoms with Crippen LogP contribution in [0, 0.1) is 11.6 Å². The number of rotatable bonds is 4. The lowest BCUT2D eigenvalue weighted by Gasteiger charge is -2.11. The summed E-state index contributed by atoms with van der Waals surface area (Å²) in [5.74, 6) is -3.37. The van der Waals surface area contributed by atoms with Gasteiger partial charge in [-0.25, -0.2) is 8.78 Å². The maximum atomic E-state index is 12.9. The molecule has 1 aromatic rings. The number of carbonyl (C=O) groups is 1. The maximum Gasteiger partial charge on any atom is 0.310 e. The van der Waals surface area contributed by atoms with Crippen molar-refractivity contribution in [2.45, 2.75) is 25.7 Å². The van der Waals surface area contributed by atoms with Crippen LogP contribution in [0.1, 0.15) is 31.2 Å². The van der Waals surface area contributed by atoms with Gasteiger partial charge < -0.3 is 5.11 Å². The predicted octanol–water partition coefficient (Wildman–Crippen LogP) is 2.93. The Kier molecular flexibility index (Phi) is 3.77. The van der Waals surface area contributed by atoms with Gasteiger partial charge in [0.1, 0.15) is 11.6 Å². The minimum Gasteiger partial charge on any atom is -0.481 e. The summed E-state index contributed by atoms with van der Waals surface area (Å²) in [4.78, 5) is 10.9. The van der Waals surface area contributed by atoms with Crippen LogP contribution in [0.4, 0.5) is 8.78 Å². The molecule has 0 saturated heterocycles. The number of hydrogen-bond acceptors (Lipinski definition) is 1. The van der Waals surface area contributed by atoms with Crippen LogP contribution >= 0.6 is 0 Å². The summed E-state index contributed by atoms with van der Waals surface area (Å²) < 4.78 is 25.7. The number of carboxylic acids is 1. The fourth-order valence-electron chi connectivity index (χ4n) is 1.50. The van der Waals surface area contributed by atoms with E-state index in [-0.39, 0.29) is 5.56 Å². The van der Waals surface area contributed by atoms with Crippen LogP contribution in [-0.2, 0) is 4.79 Å². The van der Waals surface area contributed by atoms with E-state index in [9.17, 15) is 13.6 Å². The molecule has 0 saturated carbocycles. The average Bonchev–Trinajstić information content (AvgIpc) is 2.11. The third-order valence-corrected chi connectivity index (χ3v) is 2.16. The van der Waals surface area contributed by atoms with Crippen molar-refractivity contribution in [1.29, 1.82) is 0 Å². The van der Waals surface area contributed by atoms with E-state index in [0.29, 0.717) is 12.8 Å². The Morgan fingerprint density at radius 1 is 1.33 bits per heavy atom. The van der Waals surface area contributed by atoms with E-state index in [4.69, 9.17) is 5.11 Å². The predicted molar refractivity (Wildman–Crippen MR) is 51.6 cm³/mol. The molecule has 1 aromatic carbocycles. The van der Waals surface area contributed by atoms with E-state index < -0.39 is 23.5 Å². The molecule has 0 aromatic heterocycles. The van der Waals surface area contributed by atoms with Crippen molar-refractivity contribution in [3.63, 3.8) is 0 Å². The van der Waals surface area contributed by atoms with Crippen molar-refractivity contribution < 1.29 is 18.7 Å². The summed E-state index contributed by atoms with van der Waals surface area (Å²) >= 11 is 0. The molecule has 0 fully saturated rings. The van der Waals surface area contributed by atoms with E-state index in [2.05, 4.69) is 0 Å². The van der Waals surface area contributed by atoms with Crippen LogP contribution in [0.2, 0.25) is 0 Å². The van der Waals surface area contributed by atoms with E-state index in [1.54, 1.807) is 0 Å². The molecule has 0 aliphatic carbocycles. The molecule has 0 aliphatic heterocycles. The van der Waals surface area contributed by atoms with E-state index >= 15 is 0 Å². The highest BCUT2D eigenvalue weighted by Gasteiger charge is 2.19. The minimum atomic E-state index is -1.05. The zero-order chi connectivity index (χ0) is 11.4. The lowest BCUT2D eigenvalue weighted by molar-refractivity contribution is -0.139. The average molecular weight is 214 g/mol. The van der Waals surface area contributed by atoms with Crippen molar-refractivity contribution in [3.8, 4) is 0 Å². The summed E-state index contributed by atoms with van der Waals surface area (Å²) in [7, 11) is 0. The van der Waals surface area contributed by atoms with Gasteiger partial charge in [-0.2, -0.15) is 0 Å². The van der Waals surface area contributed by atoms with Crippen molar-refractivity contribution in [1.82, 2.24) is 0 Å². The first kappa shape index (κ1) is 11.6. The highest BCUT2D eigenvalue weighted by atomic mass is 19.1. The zero-order valence-electron chi connectivity index (χ0n) is 8.34. The van der Waals surface area contributed by atoms with Crippen LogP contribution in [0.15, 0.2) is 18.2 Å². The topological polar surface area (TPSA) is 37.3 Å². The van der Waals surface area contributed by atoms with Gasteiger partial charge in [-0.3, -0.25) is 4.79 Å². The molecule has 1 rings (SSSR count). The number of benzene rings is 1. The van der Waals surface area contributed by atoms with Gasteiger partial charge in [0.15, 0.2) is 0 Å². The Balaban J connectivity index is 3.05. The second kappa shape index (κ2) is 4.87. The standard InChI is InChI=1S/C11H12F2O2/c1-2-3-10(11(14)15)7-4-8(12)6-9(13)5-7/h4-6,10H,2-3H2,1H3,(H,14,15). The van der Waals surface area contributed by atoms with Gasteiger partial charge >= 0.3 is 5.97 Å². The maximum absolute atomic E-state index is 12.9. The van der Waals surface area contributed by atoms with Crippen LogP contribution in [0.25, 0.3) is 0 Å². The molecular formula is C11H12F2O2. The molecule has 2 nitrogen and oxygen atoms in total. The number of halogens is 2. The monoisotopic (exact) mass is 214 g/mol. The molecule has 1 N–H and O–H groups in total. The third-order valence-electron chi connectivity index (χ3n) is 2.16. The molecule has 0 aliphatic rings. The largest absolute Gasteiger partial charge is 0.481 e. The number of hydrogen-bond donors (Lipinski definition) is 1. The summed E-state index contributed by atoms with van der Waals surface area (Å²) in [6.07, 6.45) is 1.02. The highest BCUT2D eigenvalue weighted by molar-refractivity contribution is 5.76. The minimum absolute atomic E-state index is 0.182. The van der Waals surface area contributed by atoms with Gasteiger partial charge in [-0.15, -0.1) is 0 Å². The summed E-state index contributed by atoms with van der Waals surface area (Å²) in [6.45, 7) is 1.82. The quantitative estimate of drug-likeness (QED) is 0.836. The summed E-state index contributed by atoms with van der Waals surface area (Å²) in [5, 5.41) is 8.89. The molecule has 4 heteroatoms. The third kappa shape index (κ3) is 3.01. The SMILES string of the molecule is CCCC(C(=O)O)c1cc(F)cc(F)c1. The normalized spacial score (nSPS) is 12.5. The molecule has 15 heavy (non-hydrogen) atoms. The van der Waals surface area contributed by atoms with E-state index in [1.165, 1.54) is 0 Å². The first-order valence-electron chi connectivity index (χ1n) is 4.73. The van der Waals surface area contributed by atoms with Gasteiger partial charge in [0, 0.05) is 6.07 Å². The van der Waals surface area contributed by atoms with Crippen molar-refractivity contribution in [3.05, 3.63) is 35.4 Å². The van der Waals surface area contributed by atoms with Gasteiger partial charge in [0.05, 0.1) is 5.92 Å². The van der Waals surface area contributed by atoms with Crippen LogP contribution in [0.5, 0.6) is 0 Å². The first-order valence-corrected chi connectivity index (χ1v) is 4.73. The fourth-order valence-corrected chi connectivity index (χ4v) is 1.50. The van der Waals surface area contributed by atoms with Gasteiger partial charge in [-0.05, 0) is 24.1 Å². The first-order chi connectivity index (χ1) is 7.04. The molecule has 0 bridgehead atoms. The molecule has 0 radical (unpaired) electrons. The van der Waals surface area contributed by atoms with Gasteiger partial charge in [0.25, 0.3) is 0 Å². The Hall–Kier alpha value is -1.45. The number of carboxylic acid groups (broad SMARTS) is 1. The molecule has 1 unspecified atom stereocenters. The van der Waals surface area contributed by atoms with Crippen molar-refractivity contribution >= 4 is 5.97 Å². The second-order valence-corrected chi connectivity index (χ2v) is 3.38. The van der Waals surface area contributed by atoms with Crippen LogP contribution in [0.3, 0.4) is 0 Å². The molecule has 1 atom stereocenters. The molecular weight excluding hydrogens is 202 g/mol. The summed E-state index contributed by atoms with van der Waals surface area (Å²) in [5.41, 5.74) is 0.182. The van der Waals surface area contributed by atoms with Crippen LogP contribution < -0.4 is 0 Å². The lowest BCUT2D eigenvalue weighted by Crippen LogP contribution is -2.11.